The van der Waals surface area contributed by atoms with Crippen molar-refractivity contribution in [3.63, 3.8) is 0 Å². The van der Waals surface area contributed by atoms with Gasteiger partial charge in [0, 0.05) is 26.1 Å². The minimum absolute atomic E-state index is 0.268. The van der Waals surface area contributed by atoms with Crippen molar-refractivity contribution in [3.8, 4) is 0 Å². The number of piperidine rings is 1. The van der Waals surface area contributed by atoms with Gasteiger partial charge in [-0.1, -0.05) is 5.16 Å². The average Bonchev–Trinajstić information content (AvgIpc) is 3.09. The molecule has 0 amide bonds. The summed E-state index contributed by atoms with van der Waals surface area (Å²) in [5, 5.41) is 11.8. The van der Waals surface area contributed by atoms with Gasteiger partial charge in [0.25, 0.3) is 0 Å². The number of ether oxygens (including phenoxy) is 1. The predicted octanol–water partition coefficient (Wildman–Crippen LogP) is 1.40. The smallest absolute Gasteiger partial charge is 0.139 e. The lowest BCUT2D eigenvalue weighted by molar-refractivity contribution is 0.000764. The number of likely N-dealkylation sites (tertiary alicyclic amines) is 1. The van der Waals surface area contributed by atoms with E-state index in [-0.39, 0.29) is 5.41 Å². The second kappa shape index (κ2) is 5.89. The Balaban J connectivity index is 1.82. The largest absolute Gasteiger partial charge is 0.409 e. The van der Waals surface area contributed by atoms with E-state index in [1.54, 1.807) is 0 Å². The van der Waals surface area contributed by atoms with Gasteiger partial charge in [-0.3, -0.25) is 0 Å². The van der Waals surface area contributed by atoms with Crippen LogP contribution in [0.2, 0.25) is 0 Å². The molecule has 104 valence electrons. The van der Waals surface area contributed by atoms with Crippen LogP contribution in [-0.2, 0) is 4.74 Å². The first kappa shape index (κ1) is 13.6. The zero-order valence-corrected chi connectivity index (χ0v) is 11.3. The molecular formula is C13H25N3O2. The third-order valence-electron chi connectivity index (χ3n) is 4.07. The molecule has 1 aliphatic heterocycles. The molecule has 0 spiro atoms. The third-order valence-corrected chi connectivity index (χ3v) is 4.07. The molecule has 2 fully saturated rings. The van der Waals surface area contributed by atoms with Crippen molar-refractivity contribution in [1.29, 1.82) is 0 Å². The first-order chi connectivity index (χ1) is 8.67. The summed E-state index contributed by atoms with van der Waals surface area (Å²) in [5.74, 6) is 0.367. The van der Waals surface area contributed by atoms with Gasteiger partial charge in [-0.25, -0.2) is 0 Å². The fraction of sp³-hybridized carbons (Fsp3) is 0.923. The average molecular weight is 255 g/mol. The molecule has 0 aromatic carbocycles. The van der Waals surface area contributed by atoms with Gasteiger partial charge in [-0.2, -0.15) is 0 Å². The van der Waals surface area contributed by atoms with E-state index in [1.807, 2.05) is 0 Å². The molecule has 5 nitrogen and oxygen atoms in total. The molecule has 2 rings (SSSR count). The quantitative estimate of drug-likeness (QED) is 0.326. The van der Waals surface area contributed by atoms with Crippen molar-refractivity contribution in [2.24, 2.45) is 16.3 Å². The molecule has 1 saturated carbocycles. The van der Waals surface area contributed by atoms with E-state index < -0.39 is 0 Å². The van der Waals surface area contributed by atoms with Crippen LogP contribution in [0.3, 0.4) is 0 Å². The van der Waals surface area contributed by atoms with Gasteiger partial charge in [0.15, 0.2) is 0 Å². The minimum atomic E-state index is 0.268. The number of nitrogens with two attached hydrogens (primary N) is 1. The van der Waals surface area contributed by atoms with E-state index in [9.17, 15) is 0 Å². The Hall–Kier alpha value is -0.810. The topological polar surface area (TPSA) is 71.1 Å². The molecule has 5 heteroatoms. The van der Waals surface area contributed by atoms with Crippen LogP contribution >= 0.6 is 0 Å². The lowest BCUT2D eigenvalue weighted by Crippen LogP contribution is -2.43. The molecule has 0 aromatic rings. The number of oxime groups is 1. The standard InChI is InChI=1S/C13H25N3O2/c1-2-18-11-4-3-7-16(9-11)10-13(5-6-13)8-12(14)15-17/h11,17H,2-10H2,1H3,(H2,14,15). The lowest BCUT2D eigenvalue weighted by atomic mass is 9.99. The fourth-order valence-electron chi connectivity index (χ4n) is 2.99. The van der Waals surface area contributed by atoms with Crippen LogP contribution in [-0.4, -0.2) is 48.3 Å². The van der Waals surface area contributed by atoms with E-state index in [4.69, 9.17) is 15.7 Å². The summed E-state index contributed by atoms with van der Waals surface area (Å²) in [5.41, 5.74) is 5.90. The highest BCUT2D eigenvalue weighted by atomic mass is 16.5. The molecule has 3 N–H and O–H groups in total. The van der Waals surface area contributed by atoms with E-state index in [0.29, 0.717) is 11.9 Å². The van der Waals surface area contributed by atoms with Crippen molar-refractivity contribution in [3.05, 3.63) is 0 Å². The zero-order chi connectivity index (χ0) is 13.0. The SMILES string of the molecule is CCOC1CCCN(CC2(CC(N)=NO)CC2)C1. The van der Waals surface area contributed by atoms with Crippen LogP contribution in [0.4, 0.5) is 0 Å². The molecule has 1 heterocycles. The number of hydrogen-bond donors (Lipinski definition) is 2. The van der Waals surface area contributed by atoms with Crippen LogP contribution < -0.4 is 5.73 Å². The molecule has 2 aliphatic rings. The van der Waals surface area contributed by atoms with Gasteiger partial charge in [0.05, 0.1) is 6.10 Å². The van der Waals surface area contributed by atoms with Gasteiger partial charge >= 0.3 is 0 Å². The highest BCUT2D eigenvalue weighted by Gasteiger charge is 2.45. The van der Waals surface area contributed by atoms with Crippen LogP contribution in [0, 0.1) is 5.41 Å². The first-order valence-electron chi connectivity index (χ1n) is 6.98. The Labute approximate surface area is 109 Å². The fourth-order valence-corrected chi connectivity index (χ4v) is 2.99. The predicted molar refractivity (Wildman–Crippen MR) is 70.8 cm³/mol. The number of nitrogens with zero attached hydrogens (tertiary/aromatic N) is 2. The molecule has 1 atom stereocenters. The normalized spacial score (nSPS) is 28.3. The molecule has 0 radical (unpaired) electrons. The van der Waals surface area contributed by atoms with Gasteiger partial charge in [-0.15, -0.1) is 0 Å². The first-order valence-corrected chi connectivity index (χ1v) is 6.98. The number of amidine groups is 1. The third kappa shape index (κ3) is 3.59. The maximum atomic E-state index is 8.67. The van der Waals surface area contributed by atoms with Crippen molar-refractivity contribution in [1.82, 2.24) is 4.90 Å². The Morgan fingerprint density at radius 3 is 2.94 bits per heavy atom. The second-order valence-corrected chi connectivity index (χ2v) is 5.72. The van der Waals surface area contributed by atoms with Crippen molar-refractivity contribution in [2.45, 2.75) is 45.1 Å². The number of rotatable bonds is 6. The van der Waals surface area contributed by atoms with E-state index in [2.05, 4.69) is 17.0 Å². The summed E-state index contributed by atoms with van der Waals surface area (Å²) in [4.78, 5) is 2.49. The van der Waals surface area contributed by atoms with Crippen LogP contribution in [0.25, 0.3) is 0 Å². The van der Waals surface area contributed by atoms with Crippen LogP contribution in [0.5, 0.6) is 0 Å². The second-order valence-electron chi connectivity index (χ2n) is 5.72. The number of hydrogen-bond acceptors (Lipinski definition) is 4. The van der Waals surface area contributed by atoms with Crippen molar-refractivity contribution >= 4 is 5.84 Å². The van der Waals surface area contributed by atoms with E-state index >= 15 is 0 Å². The molecule has 18 heavy (non-hydrogen) atoms. The molecule has 0 aromatic heterocycles. The van der Waals surface area contributed by atoms with Crippen molar-refractivity contribution in [2.75, 3.05) is 26.2 Å². The maximum Gasteiger partial charge on any atom is 0.139 e. The Morgan fingerprint density at radius 2 is 2.33 bits per heavy atom. The van der Waals surface area contributed by atoms with E-state index in [0.717, 1.165) is 32.7 Å². The lowest BCUT2D eigenvalue weighted by Gasteiger charge is -2.34. The van der Waals surface area contributed by atoms with Gasteiger partial charge in [-0.05, 0) is 44.6 Å². The van der Waals surface area contributed by atoms with Gasteiger partial charge in [0.2, 0.25) is 0 Å². The summed E-state index contributed by atoms with van der Waals surface area (Å²) < 4.78 is 5.72. The van der Waals surface area contributed by atoms with E-state index in [1.165, 1.54) is 25.7 Å². The minimum Gasteiger partial charge on any atom is -0.409 e. The summed E-state index contributed by atoms with van der Waals surface area (Å²) in [7, 11) is 0. The van der Waals surface area contributed by atoms with Gasteiger partial charge < -0.3 is 20.6 Å². The maximum absolute atomic E-state index is 8.67. The molecule has 1 saturated heterocycles. The monoisotopic (exact) mass is 255 g/mol. The molecule has 1 aliphatic carbocycles. The summed E-state index contributed by atoms with van der Waals surface area (Å²) in [6.07, 6.45) is 5.89. The molecular weight excluding hydrogens is 230 g/mol. The molecule has 1 unspecified atom stereocenters. The highest BCUT2D eigenvalue weighted by Crippen LogP contribution is 2.49. The Bertz CT molecular complexity index is 301. The molecule has 0 bridgehead atoms. The Kier molecular flexibility index (Phi) is 4.45. The highest BCUT2D eigenvalue weighted by molar-refractivity contribution is 5.80. The van der Waals surface area contributed by atoms with Gasteiger partial charge in [0.1, 0.15) is 5.84 Å². The Morgan fingerprint density at radius 1 is 1.56 bits per heavy atom. The van der Waals surface area contributed by atoms with Crippen LogP contribution in [0.15, 0.2) is 5.16 Å². The summed E-state index contributed by atoms with van der Waals surface area (Å²) >= 11 is 0. The summed E-state index contributed by atoms with van der Waals surface area (Å²) in [6.45, 7) is 6.10. The van der Waals surface area contributed by atoms with Crippen molar-refractivity contribution < 1.29 is 9.94 Å². The van der Waals surface area contributed by atoms with Crippen LogP contribution in [0.1, 0.15) is 39.0 Å². The zero-order valence-electron chi connectivity index (χ0n) is 11.3. The summed E-state index contributed by atoms with van der Waals surface area (Å²) in [6, 6.07) is 0.